The number of carbonyl (C=O) groups excluding carboxylic acids is 2. The molecule has 1 spiro atoms. The van der Waals surface area contributed by atoms with E-state index >= 15 is 0 Å². The minimum atomic E-state index is -0.532. The number of aromatic nitrogens is 1. The highest BCUT2D eigenvalue weighted by Gasteiger charge is 2.50. The Morgan fingerprint density at radius 2 is 1.82 bits per heavy atom. The fourth-order valence-corrected chi connectivity index (χ4v) is 6.62. The van der Waals surface area contributed by atoms with Gasteiger partial charge < -0.3 is 15.5 Å². The molecule has 0 unspecified atom stereocenters. The highest BCUT2D eigenvalue weighted by atomic mass is 16.2. The number of anilines is 1. The molecule has 7 nitrogen and oxygen atoms in total. The molecule has 2 aromatic carbocycles. The molecule has 3 aromatic rings. The summed E-state index contributed by atoms with van der Waals surface area (Å²) in [4.78, 5) is 35.0. The Morgan fingerprint density at radius 1 is 1.03 bits per heavy atom. The number of fused-ring (bicyclic) bond motifs is 1. The number of benzene rings is 2. The van der Waals surface area contributed by atoms with Gasteiger partial charge in [0.15, 0.2) is 0 Å². The Hall–Kier alpha value is -3.71. The van der Waals surface area contributed by atoms with Crippen LogP contribution >= 0.6 is 0 Å². The van der Waals surface area contributed by atoms with E-state index in [2.05, 4.69) is 67.9 Å². The van der Waals surface area contributed by atoms with Gasteiger partial charge in [0.2, 0.25) is 11.8 Å². The smallest absolute Gasteiger partial charge is 0.247 e. The van der Waals surface area contributed by atoms with Gasteiger partial charge in [0.1, 0.15) is 5.54 Å². The lowest BCUT2D eigenvalue weighted by molar-refractivity contribution is -0.126. The summed E-state index contributed by atoms with van der Waals surface area (Å²) >= 11 is 0. The first-order valence-electron chi connectivity index (χ1n) is 13.7. The molecule has 2 N–H and O–H groups in total. The van der Waals surface area contributed by atoms with Gasteiger partial charge in [-0.3, -0.25) is 19.5 Å². The fourth-order valence-electron chi connectivity index (χ4n) is 6.62. The molecule has 1 aliphatic carbocycles. The number of hydrogen-bond acceptors (Lipinski definition) is 5. The topological polar surface area (TPSA) is 77.6 Å². The van der Waals surface area contributed by atoms with Crippen molar-refractivity contribution in [3.05, 3.63) is 95.8 Å². The van der Waals surface area contributed by atoms with E-state index in [1.807, 2.05) is 30.5 Å². The van der Waals surface area contributed by atoms with E-state index in [1.54, 1.807) is 6.20 Å². The van der Waals surface area contributed by atoms with Crippen LogP contribution in [0.3, 0.4) is 0 Å². The van der Waals surface area contributed by atoms with Crippen molar-refractivity contribution in [2.45, 2.75) is 49.6 Å². The Bertz CT molecular complexity index is 1270. The van der Waals surface area contributed by atoms with Crippen molar-refractivity contribution >= 4 is 17.5 Å². The highest BCUT2D eigenvalue weighted by molar-refractivity contribution is 5.93. The molecule has 2 fully saturated rings. The van der Waals surface area contributed by atoms with E-state index in [0.29, 0.717) is 26.1 Å². The lowest BCUT2D eigenvalue weighted by Gasteiger charge is -2.43. The molecule has 3 heterocycles. The predicted molar refractivity (Wildman–Crippen MR) is 148 cm³/mol. The first-order chi connectivity index (χ1) is 18.6. The summed E-state index contributed by atoms with van der Waals surface area (Å²) in [6.45, 7) is 2.33. The van der Waals surface area contributed by atoms with E-state index in [9.17, 15) is 9.59 Å². The maximum atomic E-state index is 13.3. The van der Waals surface area contributed by atoms with E-state index in [4.69, 9.17) is 0 Å². The van der Waals surface area contributed by atoms with E-state index in [-0.39, 0.29) is 23.8 Å². The average Bonchev–Trinajstić information content (AvgIpc) is 3.27. The van der Waals surface area contributed by atoms with Crippen molar-refractivity contribution in [2.24, 2.45) is 0 Å². The molecule has 6 rings (SSSR count). The number of para-hydroxylation sites is 1. The Kier molecular flexibility index (Phi) is 6.85. The van der Waals surface area contributed by atoms with E-state index in [0.717, 1.165) is 38.0 Å². The zero-order valence-corrected chi connectivity index (χ0v) is 21.7. The molecule has 1 aromatic heterocycles. The van der Waals surface area contributed by atoms with Gasteiger partial charge in [-0.25, -0.2) is 0 Å². The first-order valence-corrected chi connectivity index (χ1v) is 13.7. The van der Waals surface area contributed by atoms with Crippen LogP contribution in [0.4, 0.5) is 5.69 Å². The summed E-state index contributed by atoms with van der Waals surface area (Å²) in [5.74, 6) is 0.390. The number of hydrogen-bond donors (Lipinski definition) is 2. The number of piperidine rings is 1. The van der Waals surface area contributed by atoms with Gasteiger partial charge in [0.05, 0.1) is 13.2 Å². The molecule has 38 heavy (non-hydrogen) atoms. The number of likely N-dealkylation sites (tertiary alicyclic amines) is 1. The number of pyridine rings is 1. The third-order valence-electron chi connectivity index (χ3n) is 8.65. The molecule has 7 heteroatoms. The van der Waals surface area contributed by atoms with Crippen LogP contribution in [0.5, 0.6) is 0 Å². The molecule has 2 amide bonds. The molecule has 3 aliphatic rings. The largest absolute Gasteiger partial charge is 0.352 e. The van der Waals surface area contributed by atoms with Gasteiger partial charge >= 0.3 is 0 Å². The van der Waals surface area contributed by atoms with Crippen molar-refractivity contribution in [3.63, 3.8) is 0 Å². The van der Waals surface area contributed by atoms with Crippen LogP contribution in [0.25, 0.3) is 0 Å². The Labute approximate surface area is 224 Å². The van der Waals surface area contributed by atoms with Crippen molar-refractivity contribution in [2.75, 3.05) is 31.2 Å². The van der Waals surface area contributed by atoms with Crippen molar-refractivity contribution in [1.82, 2.24) is 20.5 Å². The summed E-state index contributed by atoms with van der Waals surface area (Å²) in [5, 5.41) is 6.45. The Balaban J connectivity index is 1.10. The van der Waals surface area contributed by atoms with Gasteiger partial charge in [0.25, 0.3) is 0 Å². The highest BCUT2D eigenvalue weighted by Crippen LogP contribution is 2.37. The third kappa shape index (κ3) is 4.78. The quantitative estimate of drug-likeness (QED) is 0.534. The monoisotopic (exact) mass is 509 g/mol. The zero-order valence-electron chi connectivity index (χ0n) is 21.7. The van der Waals surface area contributed by atoms with Crippen LogP contribution in [-0.4, -0.2) is 59.6 Å². The number of rotatable bonds is 6. The molecule has 196 valence electrons. The zero-order chi connectivity index (χ0) is 26.0. The van der Waals surface area contributed by atoms with Crippen LogP contribution in [-0.2, 0) is 22.4 Å². The number of nitrogens with zero attached hydrogens (tertiary/aromatic N) is 3. The summed E-state index contributed by atoms with van der Waals surface area (Å²) in [5.41, 5.74) is 4.44. The van der Waals surface area contributed by atoms with Crippen LogP contribution < -0.4 is 15.5 Å². The van der Waals surface area contributed by atoms with Gasteiger partial charge in [0, 0.05) is 43.1 Å². The molecular formula is C31H35N5O2. The van der Waals surface area contributed by atoms with Crippen LogP contribution in [0.2, 0.25) is 0 Å². The minimum absolute atomic E-state index is 0.0670. The summed E-state index contributed by atoms with van der Waals surface area (Å²) < 4.78 is 0. The van der Waals surface area contributed by atoms with Gasteiger partial charge in [-0.2, -0.15) is 0 Å². The number of aryl methyl sites for hydroxylation is 1. The van der Waals surface area contributed by atoms with Crippen LogP contribution in [0.15, 0.2) is 79.1 Å². The second-order valence-corrected chi connectivity index (χ2v) is 10.8. The maximum Gasteiger partial charge on any atom is 0.247 e. The summed E-state index contributed by atoms with van der Waals surface area (Å²) in [7, 11) is 0. The minimum Gasteiger partial charge on any atom is -0.352 e. The SMILES string of the molecule is O=C(CN1CCC2(CC1)C(=O)NCN2c1ccccc1)N[C@H]1CCc2ccccc2[C@H]1Cc1cccnc1. The van der Waals surface area contributed by atoms with Gasteiger partial charge in [-0.05, 0) is 67.0 Å². The third-order valence-corrected chi connectivity index (χ3v) is 8.65. The van der Waals surface area contributed by atoms with Crippen molar-refractivity contribution < 1.29 is 9.59 Å². The molecule has 2 aliphatic heterocycles. The van der Waals surface area contributed by atoms with Crippen LogP contribution in [0.1, 0.15) is 41.9 Å². The molecule has 2 atom stereocenters. The number of carbonyl (C=O) groups is 2. The average molecular weight is 510 g/mol. The van der Waals surface area contributed by atoms with E-state index in [1.165, 1.54) is 16.7 Å². The van der Waals surface area contributed by atoms with Gasteiger partial charge in [-0.15, -0.1) is 0 Å². The lowest BCUT2D eigenvalue weighted by atomic mass is 9.76. The van der Waals surface area contributed by atoms with Crippen molar-refractivity contribution in [1.29, 1.82) is 0 Å². The fraction of sp³-hybridized carbons (Fsp3) is 0.387. The number of nitrogens with one attached hydrogen (secondary N) is 2. The van der Waals surface area contributed by atoms with Crippen LogP contribution in [0, 0.1) is 0 Å². The molecule has 0 radical (unpaired) electrons. The van der Waals surface area contributed by atoms with Crippen molar-refractivity contribution in [3.8, 4) is 0 Å². The summed E-state index contributed by atoms with van der Waals surface area (Å²) in [6.07, 6.45) is 7.91. The standard InChI is InChI=1S/C31H35N5O2/c37-29(21-35-17-14-31(15-18-35)30(38)33-22-36(31)25-9-2-1-3-10-25)34-28-13-12-24-8-4-5-11-26(24)27(28)19-23-7-6-16-32-20-23/h1-11,16,20,27-28H,12-15,17-19,21-22H2,(H,33,38)(H,34,37)/t27-,28+/m1/s1. The number of amides is 2. The normalized spacial score (nSPS) is 22.6. The lowest BCUT2D eigenvalue weighted by Crippen LogP contribution is -2.57. The Morgan fingerprint density at radius 3 is 2.61 bits per heavy atom. The predicted octanol–water partition coefficient (Wildman–Crippen LogP) is 3.27. The molecule has 2 saturated heterocycles. The second kappa shape index (κ2) is 10.6. The second-order valence-electron chi connectivity index (χ2n) is 10.8. The van der Waals surface area contributed by atoms with E-state index < -0.39 is 5.54 Å². The first kappa shape index (κ1) is 24.6. The summed E-state index contributed by atoms with van der Waals surface area (Å²) in [6, 6.07) is 22.9. The maximum absolute atomic E-state index is 13.3. The molecule has 0 saturated carbocycles. The molecule has 0 bridgehead atoms. The molecular weight excluding hydrogens is 474 g/mol. The van der Waals surface area contributed by atoms with Gasteiger partial charge in [-0.1, -0.05) is 48.5 Å².